The van der Waals surface area contributed by atoms with E-state index in [1.807, 2.05) is 6.92 Å². The Morgan fingerprint density at radius 1 is 1.32 bits per heavy atom. The summed E-state index contributed by atoms with van der Waals surface area (Å²) in [5, 5.41) is 16.2. The first kappa shape index (κ1) is 17.2. The summed E-state index contributed by atoms with van der Waals surface area (Å²) in [5.41, 5.74) is 1.65. The number of nitrogens with one attached hydrogen (secondary N) is 2. The Morgan fingerprint density at radius 3 is 2.76 bits per heavy atom. The van der Waals surface area contributed by atoms with E-state index in [0.717, 1.165) is 17.0 Å². The Bertz CT molecular complexity index is 836. The highest BCUT2D eigenvalue weighted by Gasteiger charge is 2.28. The van der Waals surface area contributed by atoms with Crippen molar-refractivity contribution in [2.45, 2.75) is 39.2 Å². The summed E-state index contributed by atoms with van der Waals surface area (Å²) >= 11 is 0. The van der Waals surface area contributed by atoms with Gasteiger partial charge in [0.1, 0.15) is 17.1 Å². The van der Waals surface area contributed by atoms with Crippen molar-refractivity contribution in [2.24, 2.45) is 0 Å². The standard InChI is InChI=1S/C19H22N2O4/c1-11-8-15(12(2)25-11)19(3,24)10-20-18(23)14-4-6-16-13(9-14)5-7-17(22)21-16/h4,6,8-9,24H,5,7,10H2,1-3H3,(H,20,23)(H,21,22)/t19-/m1/s1. The van der Waals surface area contributed by atoms with Crippen molar-refractivity contribution >= 4 is 17.5 Å². The summed E-state index contributed by atoms with van der Waals surface area (Å²) in [6.07, 6.45) is 1.04. The van der Waals surface area contributed by atoms with Gasteiger partial charge in [0, 0.05) is 23.2 Å². The van der Waals surface area contributed by atoms with Crippen molar-refractivity contribution in [1.29, 1.82) is 0 Å². The first-order valence-electron chi connectivity index (χ1n) is 8.27. The first-order valence-corrected chi connectivity index (χ1v) is 8.27. The molecule has 0 saturated carbocycles. The monoisotopic (exact) mass is 342 g/mol. The molecular formula is C19H22N2O4. The number of anilines is 1. The molecule has 0 spiro atoms. The van der Waals surface area contributed by atoms with Gasteiger partial charge < -0.3 is 20.2 Å². The minimum absolute atomic E-state index is 0.00785. The lowest BCUT2D eigenvalue weighted by molar-refractivity contribution is -0.116. The van der Waals surface area contributed by atoms with Gasteiger partial charge in [0.25, 0.3) is 5.91 Å². The molecule has 1 aromatic heterocycles. The third kappa shape index (κ3) is 3.58. The van der Waals surface area contributed by atoms with Crippen LogP contribution in [0.15, 0.2) is 28.7 Å². The number of benzene rings is 1. The summed E-state index contributed by atoms with van der Waals surface area (Å²) in [6.45, 7) is 5.32. The van der Waals surface area contributed by atoms with Crippen LogP contribution in [0.5, 0.6) is 0 Å². The maximum Gasteiger partial charge on any atom is 0.251 e. The van der Waals surface area contributed by atoms with E-state index < -0.39 is 5.60 Å². The van der Waals surface area contributed by atoms with Gasteiger partial charge in [-0.25, -0.2) is 0 Å². The fourth-order valence-corrected chi connectivity index (χ4v) is 3.14. The zero-order chi connectivity index (χ0) is 18.2. The largest absolute Gasteiger partial charge is 0.466 e. The molecule has 0 unspecified atom stereocenters. The van der Waals surface area contributed by atoms with Crippen LogP contribution in [0.2, 0.25) is 0 Å². The lowest BCUT2D eigenvalue weighted by atomic mass is 9.96. The summed E-state index contributed by atoms with van der Waals surface area (Å²) in [5.74, 6) is 1.08. The van der Waals surface area contributed by atoms with Gasteiger partial charge >= 0.3 is 0 Å². The van der Waals surface area contributed by atoms with E-state index in [1.165, 1.54) is 0 Å². The number of hydrogen-bond donors (Lipinski definition) is 3. The second-order valence-electron chi connectivity index (χ2n) is 6.70. The number of fused-ring (bicyclic) bond motifs is 1. The summed E-state index contributed by atoms with van der Waals surface area (Å²) < 4.78 is 5.46. The molecule has 6 nitrogen and oxygen atoms in total. The van der Waals surface area contributed by atoms with Crippen molar-refractivity contribution in [3.8, 4) is 0 Å². The van der Waals surface area contributed by atoms with Gasteiger partial charge in [0.05, 0.1) is 6.54 Å². The molecule has 2 aromatic rings. The van der Waals surface area contributed by atoms with Gasteiger partial charge in [-0.1, -0.05) is 0 Å². The minimum Gasteiger partial charge on any atom is -0.466 e. The summed E-state index contributed by atoms with van der Waals surface area (Å²) in [4.78, 5) is 23.8. The first-order chi connectivity index (χ1) is 11.8. The second kappa shape index (κ2) is 6.37. The Hall–Kier alpha value is -2.60. The van der Waals surface area contributed by atoms with Gasteiger partial charge in [-0.3, -0.25) is 9.59 Å². The SMILES string of the molecule is Cc1cc([C@](C)(O)CNC(=O)c2ccc3c(c2)CCC(=O)N3)c(C)o1. The van der Waals surface area contributed by atoms with Crippen LogP contribution in [0.1, 0.15) is 46.3 Å². The van der Waals surface area contributed by atoms with Gasteiger partial charge in [-0.15, -0.1) is 0 Å². The van der Waals surface area contributed by atoms with E-state index in [1.54, 1.807) is 38.1 Å². The molecule has 0 aliphatic carbocycles. The summed E-state index contributed by atoms with van der Waals surface area (Å²) in [7, 11) is 0. The van der Waals surface area contributed by atoms with E-state index in [2.05, 4.69) is 10.6 Å². The number of amides is 2. The molecule has 3 rings (SSSR count). The molecule has 1 atom stereocenters. The molecular weight excluding hydrogens is 320 g/mol. The minimum atomic E-state index is -1.22. The molecule has 0 bridgehead atoms. The average molecular weight is 342 g/mol. The maximum atomic E-state index is 12.4. The number of hydrogen-bond acceptors (Lipinski definition) is 4. The number of carbonyl (C=O) groups excluding carboxylic acids is 2. The van der Waals surface area contributed by atoms with Crippen LogP contribution in [0, 0.1) is 13.8 Å². The molecule has 2 amide bonds. The van der Waals surface area contributed by atoms with Crippen molar-refractivity contribution in [1.82, 2.24) is 5.32 Å². The van der Waals surface area contributed by atoms with Crippen molar-refractivity contribution < 1.29 is 19.1 Å². The Morgan fingerprint density at radius 2 is 2.08 bits per heavy atom. The van der Waals surface area contributed by atoms with Gasteiger partial charge in [-0.05, 0) is 57.0 Å². The lowest BCUT2D eigenvalue weighted by Gasteiger charge is -2.23. The van der Waals surface area contributed by atoms with E-state index in [0.29, 0.717) is 29.7 Å². The van der Waals surface area contributed by atoms with Crippen LogP contribution in [-0.4, -0.2) is 23.5 Å². The van der Waals surface area contributed by atoms with Crippen LogP contribution in [-0.2, 0) is 16.8 Å². The number of aliphatic hydroxyl groups is 1. The summed E-state index contributed by atoms with van der Waals surface area (Å²) in [6, 6.07) is 6.97. The second-order valence-corrected chi connectivity index (χ2v) is 6.70. The van der Waals surface area contributed by atoms with Crippen molar-refractivity contribution in [2.75, 3.05) is 11.9 Å². The van der Waals surface area contributed by atoms with Crippen molar-refractivity contribution in [3.63, 3.8) is 0 Å². The average Bonchev–Trinajstić information content (AvgIpc) is 2.91. The molecule has 1 aromatic carbocycles. The normalized spacial score (nSPS) is 15.9. The van der Waals surface area contributed by atoms with Gasteiger partial charge in [0.2, 0.25) is 5.91 Å². The van der Waals surface area contributed by atoms with Crippen LogP contribution in [0.4, 0.5) is 5.69 Å². The highest BCUT2D eigenvalue weighted by Crippen LogP contribution is 2.27. The lowest BCUT2D eigenvalue weighted by Crippen LogP contribution is -2.38. The zero-order valence-electron chi connectivity index (χ0n) is 14.6. The fraction of sp³-hybridized carbons (Fsp3) is 0.368. The molecule has 2 heterocycles. The highest BCUT2D eigenvalue weighted by atomic mass is 16.3. The van der Waals surface area contributed by atoms with E-state index >= 15 is 0 Å². The van der Waals surface area contributed by atoms with E-state index in [9.17, 15) is 14.7 Å². The number of aryl methyl sites for hydroxylation is 3. The number of carbonyl (C=O) groups is 2. The van der Waals surface area contributed by atoms with Crippen LogP contribution < -0.4 is 10.6 Å². The van der Waals surface area contributed by atoms with Gasteiger partial charge in [-0.2, -0.15) is 0 Å². The van der Waals surface area contributed by atoms with Crippen LogP contribution in [0.3, 0.4) is 0 Å². The predicted octanol–water partition coefficient (Wildman–Crippen LogP) is 2.42. The quantitative estimate of drug-likeness (QED) is 0.796. The zero-order valence-corrected chi connectivity index (χ0v) is 14.6. The maximum absolute atomic E-state index is 12.4. The third-order valence-corrected chi connectivity index (χ3v) is 4.48. The Kier molecular flexibility index (Phi) is 4.39. The Balaban J connectivity index is 1.70. The molecule has 0 fully saturated rings. The Labute approximate surface area is 146 Å². The van der Waals surface area contributed by atoms with Gasteiger partial charge in [0.15, 0.2) is 0 Å². The van der Waals surface area contributed by atoms with Crippen LogP contribution >= 0.6 is 0 Å². The third-order valence-electron chi connectivity index (χ3n) is 4.48. The highest BCUT2D eigenvalue weighted by molar-refractivity contribution is 5.97. The molecule has 132 valence electrons. The van der Waals surface area contributed by atoms with E-state index in [-0.39, 0.29) is 18.4 Å². The molecule has 0 radical (unpaired) electrons. The molecule has 25 heavy (non-hydrogen) atoms. The van der Waals surface area contributed by atoms with Crippen LogP contribution in [0.25, 0.3) is 0 Å². The number of rotatable bonds is 4. The molecule has 1 aliphatic heterocycles. The molecule has 0 saturated heterocycles. The molecule has 1 aliphatic rings. The molecule has 3 N–H and O–H groups in total. The topological polar surface area (TPSA) is 91.6 Å². The van der Waals surface area contributed by atoms with Crippen molar-refractivity contribution in [3.05, 3.63) is 52.5 Å². The molecule has 6 heteroatoms. The number of furan rings is 1. The fourth-order valence-electron chi connectivity index (χ4n) is 3.14. The van der Waals surface area contributed by atoms with E-state index in [4.69, 9.17) is 4.42 Å². The smallest absolute Gasteiger partial charge is 0.251 e. The predicted molar refractivity (Wildman–Crippen MR) is 93.5 cm³/mol.